The summed E-state index contributed by atoms with van der Waals surface area (Å²) in [5.74, 6) is -0.214. The highest BCUT2D eigenvalue weighted by Gasteiger charge is 2.16. The van der Waals surface area contributed by atoms with Crippen LogP contribution < -0.4 is 5.32 Å². The molecule has 0 saturated heterocycles. The fourth-order valence-corrected chi connectivity index (χ4v) is 2.34. The number of pyridine rings is 1. The van der Waals surface area contributed by atoms with Crippen molar-refractivity contribution < 1.29 is 13.2 Å². The van der Waals surface area contributed by atoms with E-state index in [0.29, 0.717) is 6.54 Å². The summed E-state index contributed by atoms with van der Waals surface area (Å²) in [7, 11) is -3.32. The van der Waals surface area contributed by atoms with Crippen LogP contribution in [0.1, 0.15) is 12.1 Å². The van der Waals surface area contributed by atoms with E-state index < -0.39 is 10.0 Å². The summed E-state index contributed by atoms with van der Waals surface area (Å²) in [5, 5.41) is 2.70. The van der Waals surface area contributed by atoms with Gasteiger partial charge >= 0.3 is 0 Å². The molecule has 1 aromatic rings. The number of hydrogen-bond acceptors (Lipinski definition) is 4. The molecule has 0 aliphatic carbocycles. The van der Waals surface area contributed by atoms with Crippen molar-refractivity contribution in [2.24, 2.45) is 0 Å². The van der Waals surface area contributed by atoms with E-state index in [1.165, 1.54) is 10.4 Å². The average Bonchev–Trinajstić information content (AvgIpc) is 2.41. The van der Waals surface area contributed by atoms with Crippen molar-refractivity contribution in [1.29, 1.82) is 0 Å². The van der Waals surface area contributed by atoms with Crippen LogP contribution in [0.5, 0.6) is 0 Å². The Kier molecular flexibility index (Phi) is 6.33. The van der Waals surface area contributed by atoms with Crippen LogP contribution in [-0.4, -0.2) is 43.0 Å². The maximum atomic E-state index is 11.7. The van der Waals surface area contributed by atoms with Crippen LogP contribution in [0.4, 0.5) is 0 Å². The topological polar surface area (TPSA) is 79.4 Å². The summed E-state index contributed by atoms with van der Waals surface area (Å²) >= 11 is 0. The Balaban J connectivity index is 2.40. The first-order valence-corrected chi connectivity index (χ1v) is 8.01. The van der Waals surface area contributed by atoms with Crippen molar-refractivity contribution in [1.82, 2.24) is 14.6 Å². The predicted octanol–water partition coefficient (Wildman–Crippen LogP) is 0.535. The van der Waals surface area contributed by atoms with Gasteiger partial charge in [0, 0.05) is 25.7 Å². The molecule has 1 aromatic heterocycles. The van der Waals surface area contributed by atoms with Gasteiger partial charge in [0.1, 0.15) is 0 Å². The second-order valence-corrected chi connectivity index (χ2v) is 6.24. The van der Waals surface area contributed by atoms with Crippen molar-refractivity contribution in [2.45, 2.75) is 13.0 Å². The lowest BCUT2D eigenvalue weighted by Gasteiger charge is -2.17. The van der Waals surface area contributed by atoms with E-state index in [2.05, 4.69) is 16.9 Å². The first-order chi connectivity index (χ1) is 9.43. The SMILES string of the molecule is C=CCN(CCC(=O)NCc1ccccn1)S(C)(=O)=O. The zero-order chi connectivity index (χ0) is 15.0. The van der Waals surface area contributed by atoms with Crippen LogP contribution in [0.2, 0.25) is 0 Å². The molecule has 1 N–H and O–H groups in total. The highest BCUT2D eigenvalue weighted by atomic mass is 32.2. The fraction of sp³-hybridized carbons (Fsp3) is 0.385. The molecule has 0 unspecified atom stereocenters. The van der Waals surface area contributed by atoms with Gasteiger partial charge in [-0.3, -0.25) is 9.78 Å². The van der Waals surface area contributed by atoms with Crippen molar-refractivity contribution in [3.63, 3.8) is 0 Å². The second kappa shape index (κ2) is 7.76. The smallest absolute Gasteiger partial charge is 0.221 e. The highest BCUT2D eigenvalue weighted by Crippen LogP contribution is 2.00. The third-order valence-corrected chi connectivity index (χ3v) is 3.85. The van der Waals surface area contributed by atoms with E-state index >= 15 is 0 Å². The monoisotopic (exact) mass is 297 g/mol. The van der Waals surface area contributed by atoms with E-state index in [-0.39, 0.29) is 25.4 Å². The van der Waals surface area contributed by atoms with Crippen molar-refractivity contribution in [2.75, 3.05) is 19.3 Å². The molecule has 0 aliphatic heterocycles. The van der Waals surface area contributed by atoms with Gasteiger partial charge < -0.3 is 5.32 Å². The number of aromatic nitrogens is 1. The maximum absolute atomic E-state index is 11.7. The first kappa shape index (κ1) is 16.3. The number of carbonyl (C=O) groups is 1. The van der Waals surface area contributed by atoms with E-state index in [9.17, 15) is 13.2 Å². The number of amides is 1. The van der Waals surface area contributed by atoms with Crippen LogP contribution in [0.15, 0.2) is 37.1 Å². The van der Waals surface area contributed by atoms with Gasteiger partial charge in [0.25, 0.3) is 0 Å². The molecular formula is C13H19N3O3S. The lowest BCUT2D eigenvalue weighted by Crippen LogP contribution is -2.34. The van der Waals surface area contributed by atoms with Crippen LogP contribution >= 0.6 is 0 Å². The summed E-state index contributed by atoms with van der Waals surface area (Å²) < 4.78 is 24.1. The van der Waals surface area contributed by atoms with Gasteiger partial charge in [0.15, 0.2) is 0 Å². The number of rotatable bonds is 8. The minimum atomic E-state index is -3.32. The lowest BCUT2D eigenvalue weighted by atomic mass is 10.3. The summed E-state index contributed by atoms with van der Waals surface area (Å²) in [4.78, 5) is 15.7. The van der Waals surface area contributed by atoms with Gasteiger partial charge in [-0.05, 0) is 12.1 Å². The van der Waals surface area contributed by atoms with Gasteiger partial charge in [0.05, 0.1) is 18.5 Å². The molecule has 20 heavy (non-hydrogen) atoms. The van der Waals surface area contributed by atoms with Crippen LogP contribution in [0.25, 0.3) is 0 Å². The van der Waals surface area contributed by atoms with Crippen LogP contribution in [0, 0.1) is 0 Å². The van der Waals surface area contributed by atoms with Crippen molar-refractivity contribution in [3.8, 4) is 0 Å². The Morgan fingerprint density at radius 1 is 1.50 bits per heavy atom. The van der Waals surface area contributed by atoms with Crippen molar-refractivity contribution >= 4 is 15.9 Å². The van der Waals surface area contributed by atoms with E-state index in [4.69, 9.17) is 0 Å². The molecule has 110 valence electrons. The lowest BCUT2D eigenvalue weighted by molar-refractivity contribution is -0.121. The largest absolute Gasteiger partial charge is 0.350 e. The molecule has 0 fully saturated rings. The van der Waals surface area contributed by atoms with Gasteiger partial charge in [-0.1, -0.05) is 12.1 Å². The molecule has 1 amide bonds. The van der Waals surface area contributed by atoms with Crippen molar-refractivity contribution in [3.05, 3.63) is 42.7 Å². The summed E-state index contributed by atoms with van der Waals surface area (Å²) in [5.41, 5.74) is 0.756. The minimum Gasteiger partial charge on any atom is -0.350 e. The van der Waals surface area contributed by atoms with Crippen LogP contribution in [-0.2, 0) is 21.4 Å². The average molecular weight is 297 g/mol. The molecule has 0 aromatic carbocycles. The molecular weight excluding hydrogens is 278 g/mol. The third kappa shape index (κ3) is 5.94. The fourth-order valence-electron chi connectivity index (χ4n) is 1.54. The number of carbonyl (C=O) groups excluding carboxylic acids is 1. The number of hydrogen-bond donors (Lipinski definition) is 1. The number of nitrogens with one attached hydrogen (secondary N) is 1. The Bertz CT molecular complexity index is 543. The molecule has 0 spiro atoms. The second-order valence-electron chi connectivity index (χ2n) is 4.26. The molecule has 7 heteroatoms. The molecule has 1 rings (SSSR count). The number of nitrogens with zero attached hydrogens (tertiary/aromatic N) is 2. The molecule has 6 nitrogen and oxygen atoms in total. The standard InChI is InChI=1S/C13H19N3O3S/c1-3-9-16(20(2,18)19)10-7-13(17)15-11-12-6-4-5-8-14-12/h3-6,8H,1,7,9-11H2,2H3,(H,15,17). The predicted molar refractivity (Wildman–Crippen MR) is 77.3 cm³/mol. The third-order valence-electron chi connectivity index (χ3n) is 2.58. The maximum Gasteiger partial charge on any atom is 0.221 e. The van der Waals surface area contributed by atoms with Crippen LogP contribution in [0.3, 0.4) is 0 Å². The molecule has 0 aliphatic rings. The zero-order valence-electron chi connectivity index (χ0n) is 11.4. The normalized spacial score (nSPS) is 11.3. The van der Waals surface area contributed by atoms with Gasteiger partial charge in [-0.25, -0.2) is 8.42 Å². The van der Waals surface area contributed by atoms with E-state index in [1.807, 2.05) is 6.07 Å². The van der Waals surface area contributed by atoms with Gasteiger partial charge in [-0.2, -0.15) is 4.31 Å². The molecule has 0 saturated carbocycles. The Morgan fingerprint density at radius 2 is 2.25 bits per heavy atom. The van der Waals surface area contributed by atoms with Gasteiger partial charge in [0.2, 0.25) is 15.9 Å². The van der Waals surface area contributed by atoms with E-state index in [0.717, 1.165) is 11.9 Å². The zero-order valence-corrected chi connectivity index (χ0v) is 12.3. The minimum absolute atomic E-state index is 0.105. The summed E-state index contributed by atoms with van der Waals surface area (Å²) in [6, 6.07) is 5.44. The molecule has 1 heterocycles. The van der Waals surface area contributed by atoms with Gasteiger partial charge in [-0.15, -0.1) is 6.58 Å². The number of sulfonamides is 1. The highest BCUT2D eigenvalue weighted by molar-refractivity contribution is 7.88. The summed E-state index contributed by atoms with van der Waals surface area (Å²) in [6.45, 7) is 4.17. The first-order valence-electron chi connectivity index (χ1n) is 6.16. The molecule has 0 radical (unpaired) electrons. The Morgan fingerprint density at radius 3 is 2.80 bits per heavy atom. The molecule has 0 atom stereocenters. The quantitative estimate of drug-likeness (QED) is 0.710. The molecule has 0 bridgehead atoms. The Labute approximate surface area is 119 Å². The van der Waals surface area contributed by atoms with E-state index in [1.54, 1.807) is 18.3 Å². The summed E-state index contributed by atoms with van der Waals surface area (Å²) in [6.07, 6.45) is 4.36. The Hall–Kier alpha value is -1.73.